The fourth-order valence-electron chi connectivity index (χ4n) is 1.72. The van der Waals surface area contributed by atoms with E-state index in [1.165, 1.54) is 0 Å². The number of unbranched alkanes of at least 4 members (excludes halogenated alkanes) is 1. The van der Waals surface area contributed by atoms with Crippen LogP contribution in [0.2, 0.25) is 0 Å². The number of hydrogen-bond acceptors (Lipinski definition) is 4. The van der Waals surface area contributed by atoms with Gasteiger partial charge in [-0.2, -0.15) is 0 Å². The number of benzene rings is 1. The van der Waals surface area contributed by atoms with E-state index in [0.29, 0.717) is 17.3 Å². The second kappa shape index (κ2) is 9.95. The van der Waals surface area contributed by atoms with Crippen LogP contribution in [-0.2, 0) is 10.5 Å². The van der Waals surface area contributed by atoms with Crippen LogP contribution in [0.1, 0.15) is 25.3 Å². The Morgan fingerprint density at radius 3 is 2.57 bits per heavy atom. The molecule has 0 saturated heterocycles. The summed E-state index contributed by atoms with van der Waals surface area (Å²) in [5, 5.41) is 2.91. The summed E-state index contributed by atoms with van der Waals surface area (Å²) in [4.78, 5) is 11.6. The van der Waals surface area contributed by atoms with Gasteiger partial charge in [0.2, 0.25) is 5.91 Å². The lowest BCUT2D eigenvalue weighted by Crippen LogP contribution is -2.26. The second-order valence-electron chi connectivity index (χ2n) is 4.49. The average Bonchev–Trinajstić information content (AvgIpc) is 2.48. The lowest BCUT2D eigenvalue weighted by Gasteiger charge is -2.11. The van der Waals surface area contributed by atoms with E-state index in [-0.39, 0.29) is 5.91 Å². The zero-order chi connectivity index (χ0) is 15.7. The summed E-state index contributed by atoms with van der Waals surface area (Å²) in [6.45, 7) is 2.87. The highest BCUT2D eigenvalue weighted by Gasteiger charge is 2.10. The van der Waals surface area contributed by atoms with Gasteiger partial charge in [-0.15, -0.1) is 11.8 Å². The van der Waals surface area contributed by atoms with E-state index in [4.69, 9.17) is 9.47 Å². The first kappa shape index (κ1) is 18.2. The monoisotopic (exact) mass is 375 g/mol. The fourth-order valence-corrected chi connectivity index (χ4v) is 3.21. The molecular formula is C15H22BrNO3S. The summed E-state index contributed by atoms with van der Waals surface area (Å²) in [5.41, 5.74) is 1.08. The van der Waals surface area contributed by atoms with Gasteiger partial charge in [0, 0.05) is 16.8 Å². The number of hydrogen-bond donors (Lipinski definition) is 1. The van der Waals surface area contributed by atoms with Crippen molar-refractivity contribution in [1.82, 2.24) is 5.32 Å². The lowest BCUT2D eigenvalue weighted by molar-refractivity contribution is -0.118. The van der Waals surface area contributed by atoms with Crippen molar-refractivity contribution < 1.29 is 14.3 Å². The van der Waals surface area contributed by atoms with Crippen LogP contribution in [0.4, 0.5) is 0 Å². The predicted octanol–water partition coefficient (Wildman–Crippen LogP) is 3.62. The van der Waals surface area contributed by atoms with Gasteiger partial charge in [0.1, 0.15) is 0 Å². The molecule has 0 aliphatic heterocycles. The lowest BCUT2D eigenvalue weighted by atomic mass is 10.2. The van der Waals surface area contributed by atoms with Crippen molar-refractivity contribution in [3.05, 3.63) is 22.2 Å². The number of carbonyl (C=O) groups excluding carboxylic acids is 1. The molecule has 0 atom stereocenters. The van der Waals surface area contributed by atoms with E-state index in [0.717, 1.165) is 35.2 Å². The SMILES string of the molecule is CCCCNC(=O)CSCc1cc(OC)c(OC)cc1Br. The van der Waals surface area contributed by atoms with Crippen LogP contribution in [0.3, 0.4) is 0 Å². The quantitative estimate of drug-likeness (QED) is 0.669. The second-order valence-corrected chi connectivity index (χ2v) is 6.33. The molecule has 0 aliphatic carbocycles. The molecule has 0 radical (unpaired) electrons. The van der Waals surface area contributed by atoms with Crippen molar-refractivity contribution in [2.45, 2.75) is 25.5 Å². The van der Waals surface area contributed by atoms with Gasteiger partial charge in [0.25, 0.3) is 0 Å². The maximum atomic E-state index is 11.6. The molecular weight excluding hydrogens is 354 g/mol. The standard InChI is InChI=1S/C15H22BrNO3S/c1-4-5-6-17-15(18)10-21-9-11-7-13(19-2)14(20-3)8-12(11)16/h7-8H,4-6,9-10H2,1-3H3,(H,17,18). The molecule has 0 spiro atoms. The number of ether oxygens (including phenoxy) is 2. The molecule has 0 fully saturated rings. The molecule has 0 bridgehead atoms. The molecule has 1 rings (SSSR count). The number of nitrogens with one attached hydrogen (secondary N) is 1. The summed E-state index contributed by atoms with van der Waals surface area (Å²) in [5.74, 6) is 2.68. The summed E-state index contributed by atoms with van der Waals surface area (Å²) in [7, 11) is 3.23. The molecule has 1 N–H and O–H groups in total. The van der Waals surface area contributed by atoms with Crippen LogP contribution >= 0.6 is 27.7 Å². The number of thioether (sulfide) groups is 1. The molecule has 6 heteroatoms. The van der Waals surface area contributed by atoms with E-state index in [1.54, 1.807) is 26.0 Å². The fraction of sp³-hybridized carbons (Fsp3) is 0.533. The first-order chi connectivity index (χ1) is 10.1. The van der Waals surface area contributed by atoms with Crippen molar-refractivity contribution in [1.29, 1.82) is 0 Å². The van der Waals surface area contributed by atoms with E-state index >= 15 is 0 Å². The molecule has 0 aromatic heterocycles. The van der Waals surface area contributed by atoms with Gasteiger partial charge in [0.15, 0.2) is 11.5 Å². The highest BCUT2D eigenvalue weighted by Crippen LogP contribution is 2.34. The molecule has 21 heavy (non-hydrogen) atoms. The maximum Gasteiger partial charge on any atom is 0.230 e. The maximum absolute atomic E-state index is 11.6. The predicted molar refractivity (Wildman–Crippen MR) is 91.3 cm³/mol. The zero-order valence-corrected chi connectivity index (χ0v) is 15.1. The van der Waals surface area contributed by atoms with Crippen LogP contribution in [0.15, 0.2) is 16.6 Å². The number of rotatable bonds is 9. The first-order valence-electron chi connectivity index (χ1n) is 6.87. The number of halogens is 1. The third-order valence-corrected chi connectivity index (χ3v) is 4.62. The Hall–Kier alpha value is -0.880. The smallest absolute Gasteiger partial charge is 0.230 e. The Kier molecular flexibility index (Phi) is 8.61. The van der Waals surface area contributed by atoms with Crippen molar-refractivity contribution in [3.63, 3.8) is 0 Å². The van der Waals surface area contributed by atoms with Gasteiger partial charge in [-0.3, -0.25) is 4.79 Å². The van der Waals surface area contributed by atoms with Crippen LogP contribution in [0.25, 0.3) is 0 Å². The van der Waals surface area contributed by atoms with E-state index < -0.39 is 0 Å². The number of methoxy groups -OCH3 is 2. The molecule has 1 aromatic carbocycles. The van der Waals surface area contributed by atoms with Crippen molar-refractivity contribution in [2.75, 3.05) is 26.5 Å². The Bertz CT molecular complexity index is 468. The highest BCUT2D eigenvalue weighted by atomic mass is 79.9. The normalized spacial score (nSPS) is 10.3. The van der Waals surface area contributed by atoms with Gasteiger partial charge >= 0.3 is 0 Å². The van der Waals surface area contributed by atoms with Crippen LogP contribution in [-0.4, -0.2) is 32.4 Å². The highest BCUT2D eigenvalue weighted by molar-refractivity contribution is 9.10. The zero-order valence-electron chi connectivity index (χ0n) is 12.7. The molecule has 0 saturated carbocycles. The summed E-state index contributed by atoms with van der Waals surface area (Å²) in [6.07, 6.45) is 2.11. The van der Waals surface area contributed by atoms with Gasteiger partial charge in [-0.1, -0.05) is 29.3 Å². The molecule has 0 heterocycles. The summed E-state index contributed by atoms with van der Waals surface area (Å²) in [6, 6.07) is 3.82. The Morgan fingerprint density at radius 2 is 1.95 bits per heavy atom. The summed E-state index contributed by atoms with van der Waals surface area (Å²) >= 11 is 5.10. The van der Waals surface area contributed by atoms with Gasteiger partial charge in [0.05, 0.1) is 20.0 Å². The molecule has 0 aliphatic rings. The first-order valence-corrected chi connectivity index (χ1v) is 8.82. The molecule has 1 aromatic rings. The van der Waals surface area contributed by atoms with E-state index in [2.05, 4.69) is 28.2 Å². The van der Waals surface area contributed by atoms with Crippen LogP contribution in [0, 0.1) is 0 Å². The van der Waals surface area contributed by atoms with Crippen LogP contribution < -0.4 is 14.8 Å². The van der Waals surface area contributed by atoms with E-state index in [9.17, 15) is 4.79 Å². The Morgan fingerprint density at radius 1 is 1.29 bits per heavy atom. The Balaban J connectivity index is 2.50. The van der Waals surface area contributed by atoms with Crippen molar-refractivity contribution >= 4 is 33.6 Å². The third-order valence-electron chi connectivity index (χ3n) is 2.90. The topological polar surface area (TPSA) is 47.6 Å². The van der Waals surface area contributed by atoms with Gasteiger partial charge in [-0.05, 0) is 24.1 Å². The molecule has 118 valence electrons. The third kappa shape index (κ3) is 6.18. The largest absolute Gasteiger partial charge is 0.493 e. The summed E-state index contributed by atoms with van der Waals surface area (Å²) < 4.78 is 11.5. The van der Waals surface area contributed by atoms with Crippen LogP contribution in [0.5, 0.6) is 11.5 Å². The van der Waals surface area contributed by atoms with Crippen molar-refractivity contribution in [2.24, 2.45) is 0 Å². The number of carbonyl (C=O) groups is 1. The van der Waals surface area contributed by atoms with Gasteiger partial charge in [-0.25, -0.2) is 0 Å². The minimum absolute atomic E-state index is 0.0880. The minimum Gasteiger partial charge on any atom is -0.493 e. The average molecular weight is 376 g/mol. The van der Waals surface area contributed by atoms with Gasteiger partial charge < -0.3 is 14.8 Å². The Labute approximate surface area is 139 Å². The molecule has 4 nitrogen and oxygen atoms in total. The van der Waals surface area contributed by atoms with Crippen molar-refractivity contribution in [3.8, 4) is 11.5 Å². The number of amides is 1. The molecule has 0 unspecified atom stereocenters. The van der Waals surface area contributed by atoms with E-state index in [1.807, 2.05) is 12.1 Å². The molecule has 1 amide bonds. The minimum atomic E-state index is 0.0880.